The molecule has 0 N–H and O–H groups in total. The molecule has 4 nitrogen and oxygen atoms in total. The number of hydrogen-bond donors (Lipinski definition) is 0. The van der Waals surface area contributed by atoms with E-state index in [2.05, 4.69) is 92.1 Å². The minimum absolute atomic E-state index is 0.327. The van der Waals surface area contributed by atoms with Crippen LogP contribution in [0.3, 0.4) is 0 Å². The highest BCUT2D eigenvalue weighted by Gasteiger charge is 2.56. The molecule has 0 spiro atoms. The van der Waals surface area contributed by atoms with Crippen molar-refractivity contribution in [1.29, 1.82) is 0 Å². The van der Waals surface area contributed by atoms with Gasteiger partial charge in [0.25, 0.3) is 0 Å². The Labute approximate surface area is 149 Å². The van der Waals surface area contributed by atoms with Crippen LogP contribution in [0.25, 0.3) is 11.0 Å². The predicted octanol–water partition coefficient (Wildman–Crippen LogP) is 4.03. The first-order valence-electron chi connectivity index (χ1n) is 8.68. The highest BCUT2D eigenvalue weighted by molar-refractivity contribution is 6.97. The molecule has 0 aliphatic heterocycles. The number of benzene rings is 1. The van der Waals surface area contributed by atoms with Crippen LogP contribution in [0.1, 0.15) is 0 Å². The largest absolute Gasteiger partial charge is 0.364 e. The summed E-state index contributed by atoms with van der Waals surface area (Å²) in [6.45, 7) is 21.4. The van der Waals surface area contributed by atoms with Crippen LogP contribution in [0, 0.1) is 0 Å². The molecule has 24 heavy (non-hydrogen) atoms. The number of fused-ring (bicyclic) bond motifs is 1. The number of ether oxygens (including phenoxy) is 1. The third kappa shape index (κ3) is 2.85. The summed E-state index contributed by atoms with van der Waals surface area (Å²) in [5, 5.41) is 10.7. The molecule has 0 fully saturated rings. The van der Waals surface area contributed by atoms with Crippen molar-refractivity contribution in [2.45, 2.75) is 63.9 Å². The maximum Gasteiger partial charge on any atom is 0.132 e. The molecular formula is C17H33N3OSi3. The second-order valence-electron chi connectivity index (χ2n) is 9.77. The van der Waals surface area contributed by atoms with E-state index < -0.39 is 24.2 Å². The van der Waals surface area contributed by atoms with E-state index in [0.29, 0.717) is 0 Å². The van der Waals surface area contributed by atoms with Gasteiger partial charge in [0, 0.05) is 7.11 Å². The van der Waals surface area contributed by atoms with Crippen LogP contribution in [0.4, 0.5) is 0 Å². The summed E-state index contributed by atoms with van der Waals surface area (Å²) in [7, 11) is -3.12. The summed E-state index contributed by atoms with van der Waals surface area (Å²) in [6, 6.07) is 6.54. The summed E-state index contributed by atoms with van der Waals surface area (Å²) in [6.07, 6.45) is 0. The smallest absolute Gasteiger partial charge is 0.132 e. The van der Waals surface area contributed by atoms with Crippen LogP contribution >= 0.6 is 0 Å². The summed E-state index contributed by atoms with van der Waals surface area (Å²) >= 11 is 0. The zero-order chi connectivity index (χ0) is 18.6. The van der Waals surface area contributed by atoms with Gasteiger partial charge in [-0.15, -0.1) is 5.10 Å². The highest BCUT2D eigenvalue weighted by atomic mass is 28.4. The van der Waals surface area contributed by atoms with Gasteiger partial charge >= 0.3 is 0 Å². The average Bonchev–Trinajstić information content (AvgIpc) is 2.80. The fraction of sp³-hybridized carbons (Fsp3) is 0.647. The van der Waals surface area contributed by atoms with Gasteiger partial charge in [0.2, 0.25) is 0 Å². The Balaban J connectivity index is 2.89. The fourth-order valence-corrected chi connectivity index (χ4v) is 17.6. The SMILES string of the molecule is COC(n1nnc2c([Si](C)(C)C)cccc21)([Si](C)(C)C)[Si](C)(C)C. The molecule has 2 aromatic rings. The van der Waals surface area contributed by atoms with E-state index in [0.717, 1.165) is 11.0 Å². The first-order valence-corrected chi connectivity index (χ1v) is 19.2. The van der Waals surface area contributed by atoms with Crippen molar-refractivity contribution in [3.8, 4) is 0 Å². The lowest BCUT2D eigenvalue weighted by Gasteiger charge is -2.50. The third-order valence-electron chi connectivity index (χ3n) is 4.91. The highest BCUT2D eigenvalue weighted by Crippen LogP contribution is 2.39. The van der Waals surface area contributed by atoms with E-state index in [4.69, 9.17) is 4.74 Å². The molecule has 0 saturated carbocycles. The van der Waals surface area contributed by atoms with Gasteiger partial charge in [-0.2, -0.15) is 0 Å². The van der Waals surface area contributed by atoms with E-state index in [9.17, 15) is 0 Å². The average molecular weight is 380 g/mol. The number of methoxy groups -OCH3 is 1. The normalized spacial score (nSPS) is 14.4. The molecule has 0 unspecified atom stereocenters. The van der Waals surface area contributed by atoms with Gasteiger partial charge in [-0.1, -0.05) is 76.3 Å². The predicted molar refractivity (Wildman–Crippen MR) is 112 cm³/mol. The lowest BCUT2D eigenvalue weighted by atomic mass is 10.3. The molecule has 0 aliphatic carbocycles. The molecule has 0 radical (unpaired) electrons. The first kappa shape index (κ1) is 19.6. The molecule has 1 heterocycles. The number of rotatable bonds is 5. The van der Waals surface area contributed by atoms with Crippen molar-refractivity contribution < 1.29 is 4.74 Å². The Morgan fingerprint density at radius 3 is 1.88 bits per heavy atom. The third-order valence-corrected chi connectivity index (χ3v) is 16.3. The summed E-state index contributed by atoms with van der Waals surface area (Å²) in [5.74, 6) is 0. The van der Waals surface area contributed by atoms with E-state index in [1.54, 1.807) is 0 Å². The Morgan fingerprint density at radius 2 is 1.46 bits per heavy atom. The lowest BCUT2D eigenvalue weighted by molar-refractivity contribution is 0.0435. The Bertz CT molecular complexity index is 722. The zero-order valence-corrected chi connectivity index (χ0v) is 20.0. The lowest BCUT2D eigenvalue weighted by Crippen LogP contribution is -2.68. The molecule has 2 rings (SSSR count). The van der Waals surface area contributed by atoms with Gasteiger partial charge < -0.3 is 4.74 Å². The van der Waals surface area contributed by atoms with Gasteiger partial charge in [-0.05, 0) is 11.3 Å². The Hall–Kier alpha value is -0.769. The van der Waals surface area contributed by atoms with E-state index in [-0.39, 0.29) is 4.97 Å². The molecule has 0 atom stereocenters. The molecule has 0 amide bonds. The second-order valence-corrected chi connectivity index (χ2v) is 25.7. The second kappa shape index (κ2) is 5.89. The minimum Gasteiger partial charge on any atom is -0.364 e. The molecule has 134 valence electrons. The summed E-state index contributed by atoms with van der Waals surface area (Å²) in [4.78, 5) is -0.327. The van der Waals surface area contributed by atoms with E-state index in [1.165, 1.54) is 5.19 Å². The quantitative estimate of drug-likeness (QED) is 0.736. The van der Waals surface area contributed by atoms with Crippen molar-refractivity contribution in [2.24, 2.45) is 0 Å². The van der Waals surface area contributed by atoms with Crippen molar-refractivity contribution in [1.82, 2.24) is 15.0 Å². The molecule has 0 aliphatic rings. The molecule has 1 aromatic heterocycles. The van der Waals surface area contributed by atoms with Crippen LogP contribution in [-0.4, -0.2) is 46.3 Å². The molecule has 7 heteroatoms. The molecule has 0 bridgehead atoms. The number of aromatic nitrogens is 3. The van der Waals surface area contributed by atoms with Crippen molar-refractivity contribution >= 4 is 40.4 Å². The molecular weight excluding hydrogens is 346 g/mol. The van der Waals surface area contributed by atoms with Gasteiger partial charge in [-0.3, -0.25) is 0 Å². The number of hydrogen-bond acceptors (Lipinski definition) is 3. The van der Waals surface area contributed by atoms with Crippen molar-refractivity contribution in [2.75, 3.05) is 7.11 Å². The first-order chi connectivity index (χ1) is 10.8. The van der Waals surface area contributed by atoms with Gasteiger partial charge in [0.15, 0.2) is 0 Å². The van der Waals surface area contributed by atoms with Gasteiger partial charge in [-0.25, -0.2) is 4.68 Å². The summed E-state index contributed by atoms with van der Waals surface area (Å²) < 4.78 is 8.48. The molecule has 0 saturated heterocycles. The Kier molecular flexibility index (Phi) is 4.80. The van der Waals surface area contributed by atoms with Crippen LogP contribution in [0.2, 0.25) is 58.9 Å². The standard InChI is InChI=1S/C17H33N3OSi3/c1-21-17(23(5,6)7,24(8,9)10)20-14-12-11-13-15(22(2,3)4)16(14)18-19-20/h11-13H,1-10H3. The van der Waals surface area contributed by atoms with Crippen molar-refractivity contribution in [3.05, 3.63) is 18.2 Å². The van der Waals surface area contributed by atoms with E-state index >= 15 is 0 Å². The summed E-state index contributed by atoms with van der Waals surface area (Å²) in [5.41, 5.74) is 2.19. The molecule has 1 aromatic carbocycles. The minimum atomic E-state index is -1.75. The maximum atomic E-state index is 6.34. The monoisotopic (exact) mass is 379 g/mol. The maximum absolute atomic E-state index is 6.34. The van der Waals surface area contributed by atoms with Crippen LogP contribution < -0.4 is 5.19 Å². The fourth-order valence-electron chi connectivity index (χ4n) is 4.24. The van der Waals surface area contributed by atoms with Crippen LogP contribution in [0.5, 0.6) is 0 Å². The van der Waals surface area contributed by atoms with Crippen molar-refractivity contribution in [3.63, 3.8) is 0 Å². The van der Waals surface area contributed by atoms with Gasteiger partial charge in [0.1, 0.15) is 26.6 Å². The zero-order valence-electron chi connectivity index (χ0n) is 17.0. The topological polar surface area (TPSA) is 39.9 Å². The van der Waals surface area contributed by atoms with Crippen LogP contribution in [0.15, 0.2) is 18.2 Å². The van der Waals surface area contributed by atoms with Gasteiger partial charge in [0.05, 0.1) is 13.6 Å². The van der Waals surface area contributed by atoms with Crippen LogP contribution in [-0.2, 0) is 9.71 Å². The van der Waals surface area contributed by atoms with E-state index in [1.807, 2.05) is 7.11 Å². The Morgan fingerprint density at radius 1 is 0.917 bits per heavy atom. The number of nitrogens with zero attached hydrogens (tertiary/aromatic N) is 3.